The Morgan fingerprint density at radius 1 is 1.35 bits per heavy atom. The van der Waals surface area contributed by atoms with Crippen LogP contribution < -0.4 is 5.32 Å². The van der Waals surface area contributed by atoms with Gasteiger partial charge >= 0.3 is 0 Å². The van der Waals surface area contributed by atoms with Crippen LogP contribution in [0.15, 0.2) is 18.2 Å². The normalized spacial score (nSPS) is 15.6. The van der Waals surface area contributed by atoms with Gasteiger partial charge in [0.1, 0.15) is 0 Å². The number of halogens is 1. The molecule has 108 valence electrons. The predicted octanol–water partition coefficient (Wildman–Crippen LogP) is 3.03. The number of rotatable bonds is 4. The number of nitrogens with zero attached hydrogens (tertiary/aromatic N) is 1. The molecule has 0 radical (unpaired) electrons. The Hall–Kier alpha value is -1.55. The molecule has 1 aromatic rings. The molecule has 2 amide bonds. The lowest BCUT2D eigenvalue weighted by atomic mass is 10.1. The fraction of sp³-hybridized carbons (Fsp3) is 0.467. The Balaban J connectivity index is 2.08. The lowest BCUT2D eigenvalue weighted by Gasteiger charge is -2.14. The van der Waals surface area contributed by atoms with Crippen LogP contribution in [0.3, 0.4) is 0 Å². The summed E-state index contributed by atoms with van der Waals surface area (Å²) in [5.74, 6) is 0.395. The van der Waals surface area contributed by atoms with Gasteiger partial charge in [0.15, 0.2) is 0 Å². The summed E-state index contributed by atoms with van der Waals surface area (Å²) in [6.07, 6.45) is 2.26. The first kappa shape index (κ1) is 14.9. The van der Waals surface area contributed by atoms with E-state index in [1.807, 2.05) is 6.92 Å². The van der Waals surface area contributed by atoms with Gasteiger partial charge in [-0.1, -0.05) is 18.5 Å². The Morgan fingerprint density at radius 3 is 2.50 bits per heavy atom. The van der Waals surface area contributed by atoms with E-state index in [0.29, 0.717) is 22.2 Å². The summed E-state index contributed by atoms with van der Waals surface area (Å²) in [6.45, 7) is 1.94. The molecule has 0 aliphatic heterocycles. The minimum atomic E-state index is -0.153. The number of nitrogens with one attached hydrogen (secondary N) is 1. The minimum absolute atomic E-state index is 0.00949. The summed E-state index contributed by atoms with van der Waals surface area (Å²) in [6, 6.07) is 4.97. The molecule has 1 fully saturated rings. The summed E-state index contributed by atoms with van der Waals surface area (Å²) in [5.41, 5.74) is 1.06. The molecule has 1 saturated carbocycles. The van der Waals surface area contributed by atoms with E-state index in [-0.39, 0.29) is 17.7 Å². The van der Waals surface area contributed by atoms with E-state index in [1.54, 1.807) is 32.3 Å². The molecule has 0 spiro atoms. The van der Waals surface area contributed by atoms with Crippen molar-refractivity contribution in [1.82, 2.24) is 4.90 Å². The second kappa shape index (κ2) is 5.83. The topological polar surface area (TPSA) is 49.4 Å². The number of carbonyl (C=O) groups is 2. The second-order valence-electron chi connectivity index (χ2n) is 5.51. The zero-order valence-corrected chi connectivity index (χ0v) is 12.7. The van der Waals surface area contributed by atoms with Crippen molar-refractivity contribution in [2.45, 2.75) is 19.8 Å². The van der Waals surface area contributed by atoms with Crippen LogP contribution in [-0.4, -0.2) is 30.8 Å². The molecule has 1 aliphatic rings. The first-order valence-electron chi connectivity index (χ1n) is 6.72. The van der Waals surface area contributed by atoms with Crippen LogP contribution in [-0.2, 0) is 4.79 Å². The standard InChI is InChI=1S/C15H19ClN2O2/c1-9(10-4-5-10)14(19)17-11-6-7-12(13(16)8-11)15(20)18(2)3/h6-10H,4-5H2,1-3H3,(H,17,19). The number of carbonyl (C=O) groups excluding carboxylic acids is 2. The molecule has 0 saturated heterocycles. The van der Waals surface area contributed by atoms with E-state index in [2.05, 4.69) is 5.32 Å². The Morgan fingerprint density at radius 2 is 2.00 bits per heavy atom. The smallest absolute Gasteiger partial charge is 0.254 e. The van der Waals surface area contributed by atoms with Crippen LogP contribution in [0.4, 0.5) is 5.69 Å². The van der Waals surface area contributed by atoms with Crippen LogP contribution in [0, 0.1) is 11.8 Å². The van der Waals surface area contributed by atoms with Crippen LogP contribution in [0.5, 0.6) is 0 Å². The molecule has 20 heavy (non-hydrogen) atoms. The summed E-state index contributed by atoms with van der Waals surface area (Å²) in [5, 5.41) is 3.20. The molecular formula is C15H19ClN2O2. The van der Waals surface area contributed by atoms with Crippen LogP contribution in [0.25, 0.3) is 0 Å². The maximum absolute atomic E-state index is 12.0. The van der Waals surface area contributed by atoms with E-state index in [4.69, 9.17) is 11.6 Å². The Labute approximate surface area is 124 Å². The highest BCUT2D eigenvalue weighted by molar-refractivity contribution is 6.34. The quantitative estimate of drug-likeness (QED) is 0.928. The van der Waals surface area contributed by atoms with Crippen LogP contribution >= 0.6 is 11.6 Å². The van der Waals surface area contributed by atoms with Crippen molar-refractivity contribution in [2.24, 2.45) is 11.8 Å². The van der Waals surface area contributed by atoms with Crippen molar-refractivity contribution in [2.75, 3.05) is 19.4 Å². The number of anilines is 1. The first-order valence-corrected chi connectivity index (χ1v) is 7.10. The van der Waals surface area contributed by atoms with Gasteiger partial charge in [0.05, 0.1) is 10.6 Å². The van der Waals surface area contributed by atoms with Crippen molar-refractivity contribution in [3.8, 4) is 0 Å². The van der Waals surface area contributed by atoms with Gasteiger partial charge in [-0.2, -0.15) is 0 Å². The SMILES string of the molecule is CC(C(=O)Nc1ccc(C(=O)N(C)C)c(Cl)c1)C1CC1. The molecule has 4 nitrogen and oxygen atoms in total. The molecule has 1 N–H and O–H groups in total. The zero-order valence-electron chi connectivity index (χ0n) is 11.9. The number of hydrogen-bond donors (Lipinski definition) is 1. The lowest BCUT2D eigenvalue weighted by Crippen LogP contribution is -2.23. The van der Waals surface area contributed by atoms with Crippen molar-refractivity contribution in [1.29, 1.82) is 0 Å². The maximum atomic E-state index is 12.0. The van der Waals surface area contributed by atoms with E-state index in [1.165, 1.54) is 4.90 Å². The van der Waals surface area contributed by atoms with E-state index >= 15 is 0 Å². The van der Waals surface area contributed by atoms with Crippen molar-refractivity contribution >= 4 is 29.1 Å². The van der Waals surface area contributed by atoms with Crippen molar-refractivity contribution < 1.29 is 9.59 Å². The summed E-state index contributed by atoms with van der Waals surface area (Å²) in [4.78, 5) is 25.3. The van der Waals surface area contributed by atoms with Crippen molar-refractivity contribution in [3.63, 3.8) is 0 Å². The van der Waals surface area contributed by atoms with E-state index in [9.17, 15) is 9.59 Å². The largest absolute Gasteiger partial charge is 0.345 e. The molecule has 1 aliphatic carbocycles. The summed E-state index contributed by atoms with van der Waals surface area (Å²) < 4.78 is 0. The molecule has 0 aromatic heterocycles. The van der Waals surface area contributed by atoms with Crippen LogP contribution in [0.1, 0.15) is 30.1 Å². The maximum Gasteiger partial charge on any atom is 0.254 e. The van der Waals surface area contributed by atoms with E-state index in [0.717, 1.165) is 12.8 Å². The molecule has 1 aromatic carbocycles. The fourth-order valence-corrected chi connectivity index (χ4v) is 2.33. The van der Waals surface area contributed by atoms with Gasteiger partial charge < -0.3 is 10.2 Å². The summed E-state index contributed by atoms with van der Waals surface area (Å²) in [7, 11) is 3.34. The predicted molar refractivity (Wildman–Crippen MR) is 80.0 cm³/mol. The van der Waals surface area contributed by atoms with Gasteiger partial charge in [0, 0.05) is 25.7 Å². The molecule has 0 bridgehead atoms. The van der Waals surface area contributed by atoms with Gasteiger partial charge in [-0.3, -0.25) is 9.59 Å². The third-order valence-electron chi connectivity index (χ3n) is 3.62. The lowest BCUT2D eigenvalue weighted by molar-refractivity contribution is -0.119. The Bertz CT molecular complexity index is 539. The number of benzene rings is 1. The van der Waals surface area contributed by atoms with Gasteiger partial charge in [0.25, 0.3) is 5.91 Å². The van der Waals surface area contributed by atoms with Gasteiger partial charge in [0.2, 0.25) is 5.91 Å². The third kappa shape index (κ3) is 3.31. The van der Waals surface area contributed by atoms with Crippen LogP contribution in [0.2, 0.25) is 5.02 Å². The Kier molecular flexibility index (Phi) is 4.33. The first-order chi connectivity index (χ1) is 9.40. The molecule has 1 atom stereocenters. The fourth-order valence-electron chi connectivity index (χ4n) is 2.07. The number of amides is 2. The zero-order chi connectivity index (χ0) is 14.9. The van der Waals surface area contributed by atoms with E-state index < -0.39 is 0 Å². The van der Waals surface area contributed by atoms with Gasteiger partial charge in [-0.15, -0.1) is 0 Å². The molecule has 2 rings (SSSR count). The highest BCUT2D eigenvalue weighted by Crippen LogP contribution is 2.37. The third-order valence-corrected chi connectivity index (χ3v) is 3.93. The van der Waals surface area contributed by atoms with Crippen molar-refractivity contribution in [3.05, 3.63) is 28.8 Å². The van der Waals surface area contributed by atoms with Gasteiger partial charge in [-0.05, 0) is 37.0 Å². The molecule has 0 heterocycles. The average Bonchev–Trinajstić information content (AvgIpc) is 3.21. The highest BCUT2D eigenvalue weighted by atomic mass is 35.5. The average molecular weight is 295 g/mol. The number of hydrogen-bond acceptors (Lipinski definition) is 2. The highest BCUT2D eigenvalue weighted by Gasteiger charge is 2.32. The second-order valence-corrected chi connectivity index (χ2v) is 5.92. The monoisotopic (exact) mass is 294 g/mol. The minimum Gasteiger partial charge on any atom is -0.345 e. The summed E-state index contributed by atoms with van der Waals surface area (Å²) >= 11 is 6.11. The molecule has 1 unspecified atom stereocenters. The molecular weight excluding hydrogens is 276 g/mol. The van der Waals surface area contributed by atoms with Gasteiger partial charge in [-0.25, -0.2) is 0 Å². The molecule has 5 heteroatoms.